The average molecular weight is 193 g/mol. The summed E-state index contributed by atoms with van der Waals surface area (Å²) in [5, 5.41) is 0. The van der Waals surface area contributed by atoms with E-state index in [1.54, 1.807) is 0 Å². The zero-order valence-electron chi connectivity index (χ0n) is 3.33. The Morgan fingerprint density at radius 1 is 1.50 bits per heavy atom. The van der Waals surface area contributed by atoms with E-state index in [0.717, 1.165) is 0 Å². The van der Waals surface area contributed by atoms with Crippen LogP contribution in [0.3, 0.4) is 0 Å². The van der Waals surface area contributed by atoms with Gasteiger partial charge in [-0.1, -0.05) is 0 Å². The molecule has 0 rings (SSSR count). The van der Waals surface area contributed by atoms with Crippen molar-refractivity contribution < 1.29 is 21.8 Å². The third-order valence-electron chi connectivity index (χ3n) is 0.302. The van der Waals surface area contributed by atoms with E-state index in [9.17, 15) is 18.0 Å². The summed E-state index contributed by atoms with van der Waals surface area (Å²) in [7, 11) is 0. The molecule has 0 fully saturated rings. The zero-order chi connectivity index (χ0) is 6.78. The molecule has 0 amide bonds. The molecule has 0 unspecified atom stereocenters. The van der Waals surface area contributed by atoms with Gasteiger partial charge >= 0.3 is 12.1 Å². The molecule has 0 aromatic rings. The predicted octanol–water partition coefficient (Wildman–Crippen LogP) is 1.40. The van der Waals surface area contributed by atoms with Crippen LogP contribution in [0.5, 0.6) is 0 Å². The van der Waals surface area contributed by atoms with Gasteiger partial charge in [0.05, 0.1) is 0 Å². The first kappa shape index (κ1) is 7.74. The van der Waals surface area contributed by atoms with Crippen molar-refractivity contribution in [2.75, 3.05) is 0 Å². The summed E-state index contributed by atoms with van der Waals surface area (Å²) >= 11 is 1.88. The lowest BCUT2D eigenvalue weighted by Gasteiger charge is -1.97. The van der Waals surface area contributed by atoms with Crippen molar-refractivity contribution in [2.24, 2.45) is 0 Å². The van der Waals surface area contributed by atoms with Crippen molar-refractivity contribution in [3.05, 3.63) is 0 Å². The maximum absolute atomic E-state index is 10.9. The second-order valence-electron chi connectivity index (χ2n) is 0.862. The van der Waals surface area contributed by atoms with Gasteiger partial charge in [-0.3, -0.25) is 0 Å². The molecular weight excluding hydrogens is 193 g/mol. The van der Waals surface area contributed by atoms with Gasteiger partial charge in [0.15, 0.2) is 16.3 Å². The molecule has 0 saturated carbocycles. The van der Waals surface area contributed by atoms with Crippen molar-refractivity contribution in [1.82, 2.24) is 0 Å². The summed E-state index contributed by atoms with van der Waals surface area (Å²) in [6, 6.07) is 0. The fourth-order valence-electron chi connectivity index (χ4n) is 0.0437. The summed E-state index contributed by atoms with van der Waals surface area (Å²) in [5.41, 5.74) is 0. The van der Waals surface area contributed by atoms with Crippen LogP contribution in [0.1, 0.15) is 0 Å². The Morgan fingerprint density at radius 2 is 1.88 bits per heavy atom. The van der Waals surface area contributed by atoms with Crippen LogP contribution in [0, 0.1) is 0 Å². The maximum Gasteiger partial charge on any atom is 0.491 e. The van der Waals surface area contributed by atoms with Crippen molar-refractivity contribution in [2.45, 2.75) is 6.18 Å². The van der Waals surface area contributed by atoms with Gasteiger partial charge in [-0.15, -0.1) is 0 Å². The summed E-state index contributed by atoms with van der Waals surface area (Å²) in [5.74, 6) is -2.25. The third kappa shape index (κ3) is 2.15. The number of hydrogen-bond donors (Lipinski definition) is 0. The monoisotopic (exact) mass is 192 g/mol. The summed E-state index contributed by atoms with van der Waals surface area (Å²) in [6.45, 7) is 0. The predicted molar refractivity (Wildman–Crippen MR) is 21.1 cm³/mol. The van der Waals surface area contributed by atoms with Gasteiger partial charge in [0.2, 0.25) is 0 Å². The maximum atomic E-state index is 10.9. The molecular formula is C2BrF3O2. The van der Waals surface area contributed by atoms with E-state index in [1.807, 2.05) is 16.3 Å². The van der Waals surface area contributed by atoms with E-state index in [1.165, 1.54) is 0 Å². The molecule has 8 heavy (non-hydrogen) atoms. The first-order valence-corrected chi connectivity index (χ1v) is 2.03. The molecule has 0 aliphatic heterocycles. The molecule has 0 bridgehead atoms. The summed E-state index contributed by atoms with van der Waals surface area (Å²) in [4.78, 5) is 9.44. The Balaban J connectivity index is 3.82. The second kappa shape index (κ2) is 2.34. The standard InChI is InChI=1S/C2BrF3O2/c3-8-1(7)2(4,5)6. The SMILES string of the molecule is O=C(OBr)C(F)(F)F. The number of carbonyl (C=O) groups excluding carboxylic acids is 1. The Bertz CT molecular complexity index is 97.9. The Morgan fingerprint density at radius 3 is 1.88 bits per heavy atom. The third-order valence-corrected chi connectivity index (χ3v) is 0.596. The second-order valence-corrected chi connectivity index (χ2v) is 1.19. The van der Waals surface area contributed by atoms with E-state index >= 15 is 0 Å². The Kier molecular flexibility index (Phi) is 2.26. The molecule has 0 aromatic heterocycles. The fraction of sp³-hybridized carbons (Fsp3) is 0.500. The molecule has 0 N–H and O–H groups in total. The molecule has 0 saturated heterocycles. The smallest absolute Gasteiger partial charge is 0.377 e. The minimum Gasteiger partial charge on any atom is -0.377 e. The lowest BCUT2D eigenvalue weighted by molar-refractivity contribution is -0.187. The van der Waals surface area contributed by atoms with Gasteiger partial charge in [0.25, 0.3) is 0 Å². The molecule has 0 radical (unpaired) electrons. The molecule has 0 aromatic carbocycles. The van der Waals surface area contributed by atoms with Crippen LogP contribution in [0.15, 0.2) is 0 Å². The first-order valence-electron chi connectivity index (χ1n) is 1.38. The van der Waals surface area contributed by atoms with Crippen LogP contribution in [0.2, 0.25) is 0 Å². The highest BCUT2D eigenvalue weighted by atomic mass is 79.9. The van der Waals surface area contributed by atoms with Crippen LogP contribution in [-0.2, 0) is 8.62 Å². The molecule has 48 valence electrons. The van der Waals surface area contributed by atoms with Crippen molar-refractivity contribution in [1.29, 1.82) is 0 Å². The van der Waals surface area contributed by atoms with Crippen LogP contribution in [0.25, 0.3) is 0 Å². The molecule has 0 spiro atoms. The lowest BCUT2D eigenvalue weighted by Crippen LogP contribution is -2.21. The minimum absolute atomic E-state index is 1.88. The molecule has 0 aliphatic rings. The van der Waals surface area contributed by atoms with Crippen LogP contribution in [-0.4, -0.2) is 12.1 Å². The number of halogens is 4. The lowest BCUT2D eigenvalue weighted by atomic mass is 10.7. The highest BCUT2D eigenvalue weighted by Gasteiger charge is 2.40. The quantitative estimate of drug-likeness (QED) is 0.581. The van der Waals surface area contributed by atoms with Crippen LogP contribution < -0.4 is 0 Å². The van der Waals surface area contributed by atoms with Gasteiger partial charge in [-0.05, 0) is 0 Å². The van der Waals surface area contributed by atoms with E-state index < -0.39 is 12.1 Å². The molecule has 6 heteroatoms. The summed E-state index contributed by atoms with van der Waals surface area (Å²) in [6.07, 6.45) is -4.90. The molecule has 0 atom stereocenters. The van der Waals surface area contributed by atoms with E-state index in [0.29, 0.717) is 0 Å². The number of rotatable bonds is 0. The molecule has 2 nitrogen and oxygen atoms in total. The van der Waals surface area contributed by atoms with E-state index in [4.69, 9.17) is 0 Å². The highest BCUT2D eigenvalue weighted by molar-refractivity contribution is 9.06. The number of alkyl halides is 3. The number of hydrogen-bond acceptors (Lipinski definition) is 2. The van der Waals surface area contributed by atoms with Gasteiger partial charge in [0, 0.05) is 0 Å². The summed E-state index contributed by atoms with van der Waals surface area (Å²) < 4.78 is 36.0. The largest absolute Gasteiger partial charge is 0.491 e. The molecule has 0 aliphatic carbocycles. The van der Waals surface area contributed by atoms with Gasteiger partial charge in [-0.25, -0.2) is 4.79 Å². The topological polar surface area (TPSA) is 26.3 Å². The normalized spacial score (nSPS) is 11.0. The highest BCUT2D eigenvalue weighted by Crippen LogP contribution is 2.17. The van der Waals surface area contributed by atoms with E-state index in [-0.39, 0.29) is 0 Å². The minimum atomic E-state index is -4.90. The van der Waals surface area contributed by atoms with Crippen LogP contribution >= 0.6 is 16.3 Å². The first-order chi connectivity index (χ1) is 3.48. The number of carbonyl (C=O) groups is 1. The van der Waals surface area contributed by atoms with Crippen LogP contribution in [0.4, 0.5) is 13.2 Å². The van der Waals surface area contributed by atoms with E-state index in [2.05, 4.69) is 3.83 Å². The van der Waals surface area contributed by atoms with Gasteiger partial charge < -0.3 is 3.83 Å². The fourth-order valence-corrected chi connectivity index (χ4v) is 0.227. The zero-order valence-corrected chi connectivity index (χ0v) is 4.91. The van der Waals surface area contributed by atoms with Crippen molar-refractivity contribution >= 4 is 22.2 Å². The van der Waals surface area contributed by atoms with Gasteiger partial charge in [-0.2, -0.15) is 13.2 Å². The Labute approximate surface area is 51.1 Å². The Hall–Kier alpha value is -0.260. The van der Waals surface area contributed by atoms with Crippen molar-refractivity contribution in [3.8, 4) is 0 Å². The van der Waals surface area contributed by atoms with Gasteiger partial charge in [0.1, 0.15) is 0 Å². The average Bonchev–Trinajstić information content (AvgIpc) is 1.62. The van der Waals surface area contributed by atoms with Crippen molar-refractivity contribution in [3.63, 3.8) is 0 Å². The molecule has 0 heterocycles.